The number of nitrogens with zero attached hydrogens (tertiary/aromatic N) is 1. The van der Waals surface area contributed by atoms with E-state index in [0.29, 0.717) is 11.6 Å². The quantitative estimate of drug-likeness (QED) is 0.443. The van der Waals surface area contributed by atoms with Gasteiger partial charge in [0.1, 0.15) is 0 Å². The number of ether oxygens (including phenoxy) is 1. The average Bonchev–Trinajstić information content (AvgIpc) is 2.83. The number of halogens is 1. The number of aryl methyl sites for hydroxylation is 1. The molecule has 104 valence electrons. The molecule has 0 atom stereocenters. The lowest BCUT2D eigenvalue weighted by Crippen LogP contribution is -2.05. The van der Waals surface area contributed by atoms with Gasteiger partial charge in [-0.25, -0.2) is 9.79 Å². The van der Waals surface area contributed by atoms with Crippen LogP contribution in [-0.4, -0.2) is 11.9 Å². The second-order valence-electron chi connectivity index (χ2n) is 4.70. The summed E-state index contributed by atoms with van der Waals surface area (Å²) in [7, 11) is 0. The molecule has 2 aromatic rings. The number of carbonyl (C=O) groups is 1. The van der Waals surface area contributed by atoms with Gasteiger partial charge >= 0.3 is 5.97 Å². The van der Waals surface area contributed by atoms with E-state index >= 15 is 0 Å². The third kappa shape index (κ3) is 3.05. The van der Waals surface area contributed by atoms with Gasteiger partial charge in [0.15, 0.2) is 5.70 Å². The van der Waals surface area contributed by atoms with Gasteiger partial charge in [0, 0.05) is 9.13 Å². The third-order valence-corrected chi connectivity index (χ3v) is 3.84. The van der Waals surface area contributed by atoms with Crippen LogP contribution in [0.1, 0.15) is 16.7 Å². The van der Waals surface area contributed by atoms with Crippen LogP contribution in [0.5, 0.6) is 0 Å². The maximum absolute atomic E-state index is 12.0. The Morgan fingerprint density at radius 3 is 2.71 bits per heavy atom. The number of benzene rings is 2. The van der Waals surface area contributed by atoms with Crippen LogP contribution in [0, 0.1) is 10.5 Å². The molecule has 3 nitrogen and oxygen atoms in total. The van der Waals surface area contributed by atoms with E-state index in [-0.39, 0.29) is 0 Å². The molecule has 0 radical (unpaired) electrons. The molecule has 0 bridgehead atoms. The SMILES string of the molecule is Cc1ccccc1/C=C1/N=C(c2cccc(I)c2)OC1=O. The largest absolute Gasteiger partial charge is 0.402 e. The van der Waals surface area contributed by atoms with Crippen molar-refractivity contribution >= 4 is 40.5 Å². The molecule has 1 heterocycles. The van der Waals surface area contributed by atoms with E-state index in [1.165, 1.54) is 0 Å². The Labute approximate surface area is 136 Å². The van der Waals surface area contributed by atoms with E-state index in [1.54, 1.807) is 6.08 Å². The highest BCUT2D eigenvalue weighted by Crippen LogP contribution is 2.21. The zero-order valence-electron chi connectivity index (χ0n) is 11.3. The van der Waals surface area contributed by atoms with Crippen LogP contribution in [0.2, 0.25) is 0 Å². The zero-order valence-corrected chi connectivity index (χ0v) is 13.5. The summed E-state index contributed by atoms with van der Waals surface area (Å²) in [5, 5.41) is 0. The Balaban J connectivity index is 1.98. The van der Waals surface area contributed by atoms with Gasteiger partial charge in [0.05, 0.1) is 0 Å². The van der Waals surface area contributed by atoms with Crippen molar-refractivity contribution in [3.8, 4) is 0 Å². The van der Waals surface area contributed by atoms with Crippen molar-refractivity contribution in [2.75, 3.05) is 0 Å². The standard InChI is InChI=1S/C17H12INO2/c1-11-5-2-3-6-12(11)10-15-17(20)21-16(19-15)13-7-4-8-14(18)9-13/h2-10H,1H3/b15-10+. The number of hydrogen-bond donors (Lipinski definition) is 0. The Morgan fingerprint density at radius 1 is 1.14 bits per heavy atom. The molecule has 0 aliphatic carbocycles. The fourth-order valence-corrected chi connectivity index (χ4v) is 2.59. The van der Waals surface area contributed by atoms with E-state index < -0.39 is 5.97 Å². The first kappa shape index (κ1) is 14.0. The van der Waals surface area contributed by atoms with Crippen molar-refractivity contribution in [1.29, 1.82) is 0 Å². The molecule has 0 saturated heterocycles. The summed E-state index contributed by atoms with van der Waals surface area (Å²) in [6.07, 6.45) is 1.76. The minimum atomic E-state index is -0.410. The highest BCUT2D eigenvalue weighted by molar-refractivity contribution is 14.1. The van der Waals surface area contributed by atoms with Crippen LogP contribution in [0.25, 0.3) is 6.08 Å². The minimum Gasteiger partial charge on any atom is -0.402 e. The summed E-state index contributed by atoms with van der Waals surface area (Å²) in [5.74, 6) is -0.0505. The first-order chi connectivity index (χ1) is 10.1. The van der Waals surface area contributed by atoms with Gasteiger partial charge in [0.25, 0.3) is 0 Å². The molecular formula is C17H12INO2. The molecule has 0 amide bonds. The number of hydrogen-bond acceptors (Lipinski definition) is 3. The Morgan fingerprint density at radius 2 is 1.95 bits per heavy atom. The van der Waals surface area contributed by atoms with E-state index in [9.17, 15) is 4.79 Å². The number of cyclic esters (lactones) is 1. The van der Waals surface area contributed by atoms with Gasteiger partial charge in [-0.15, -0.1) is 0 Å². The molecule has 0 unspecified atom stereocenters. The normalized spacial score (nSPS) is 16.0. The maximum Gasteiger partial charge on any atom is 0.363 e. The van der Waals surface area contributed by atoms with Gasteiger partial charge in [-0.1, -0.05) is 30.3 Å². The first-order valence-corrected chi connectivity index (χ1v) is 7.55. The van der Waals surface area contributed by atoms with Crippen LogP contribution in [-0.2, 0) is 9.53 Å². The summed E-state index contributed by atoms with van der Waals surface area (Å²) in [6, 6.07) is 15.6. The summed E-state index contributed by atoms with van der Waals surface area (Å²) < 4.78 is 6.34. The number of rotatable bonds is 2. The van der Waals surface area contributed by atoms with Gasteiger partial charge in [0.2, 0.25) is 5.90 Å². The van der Waals surface area contributed by atoms with Crippen LogP contribution in [0.3, 0.4) is 0 Å². The molecule has 0 spiro atoms. The summed E-state index contributed by atoms with van der Waals surface area (Å²) in [5.41, 5.74) is 3.20. The molecule has 2 aromatic carbocycles. The fraction of sp³-hybridized carbons (Fsp3) is 0.0588. The third-order valence-electron chi connectivity index (χ3n) is 3.17. The summed E-state index contributed by atoms with van der Waals surface area (Å²) in [6.45, 7) is 2.00. The van der Waals surface area contributed by atoms with Crippen molar-refractivity contribution in [1.82, 2.24) is 0 Å². The number of esters is 1. The molecule has 3 rings (SSSR count). The predicted octanol–water partition coefficient (Wildman–Crippen LogP) is 3.94. The first-order valence-electron chi connectivity index (χ1n) is 6.47. The Bertz CT molecular complexity index is 778. The van der Waals surface area contributed by atoms with Gasteiger partial charge < -0.3 is 4.74 Å². The van der Waals surface area contributed by atoms with Crippen molar-refractivity contribution in [3.05, 3.63) is 74.5 Å². The maximum atomic E-state index is 12.0. The lowest BCUT2D eigenvalue weighted by Gasteiger charge is -1.99. The van der Waals surface area contributed by atoms with E-state index in [2.05, 4.69) is 27.6 Å². The molecule has 1 aliphatic rings. The smallest absolute Gasteiger partial charge is 0.363 e. The Hall–Kier alpha value is -1.95. The predicted molar refractivity (Wildman–Crippen MR) is 90.9 cm³/mol. The lowest BCUT2D eigenvalue weighted by molar-refractivity contribution is -0.129. The molecule has 4 heteroatoms. The van der Waals surface area contributed by atoms with Crippen LogP contribution >= 0.6 is 22.6 Å². The van der Waals surface area contributed by atoms with E-state index in [4.69, 9.17) is 4.74 Å². The van der Waals surface area contributed by atoms with Crippen molar-refractivity contribution < 1.29 is 9.53 Å². The molecule has 0 N–H and O–H groups in total. The topological polar surface area (TPSA) is 38.7 Å². The van der Waals surface area contributed by atoms with E-state index in [1.807, 2.05) is 55.5 Å². The van der Waals surface area contributed by atoms with E-state index in [0.717, 1.165) is 20.3 Å². The van der Waals surface area contributed by atoms with Crippen LogP contribution in [0.15, 0.2) is 59.2 Å². The van der Waals surface area contributed by atoms with Crippen molar-refractivity contribution in [3.63, 3.8) is 0 Å². The van der Waals surface area contributed by atoms with Crippen molar-refractivity contribution in [2.45, 2.75) is 6.92 Å². The highest BCUT2D eigenvalue weighted by atomic mass is 127. The molecule has 1 aliphatic heterocycles. The zero-order chi connectivity index (χ0) is 14.8. The summed E-state index contributed by atoms with van der Waals surface area (Å²) >= 11 is 2.22. The lowest BCUT2D eigenvalue weighted by atomic mass is 10.1. The minimum absolute atomic E-state index is 0.332. The van der Waals surface area contributed by atoms with Gasteiger partial charge in [-0.05, 0) is 64.9 Å². The highest BCUT2D eigenvalue weighted by Gasteiger charge is 2.24. The van der Waals surface area contributed by atoms with Crippen LogP contribution < -0.4 is 0 Å². The summed E-state index contributed by atoms with van der Waals surface area (Å²) in [4.78, 5) is 16.3. The van der Waals surface area contributed by atoms with Gasteiger partial charge in [-0.2, -0.15) is 0 Å². The average molecular weight is 389 g/mol. The molecular weight excluding hydrogens is 377 g/mol. The second kappa shape index (κ2) is 5.81. The number of carbonyl (C=O) groups excluding carboxylic acids is 1. The fourth-order valence-electron chi connectivity index (χ4n) is 2.05. The van der Waals surface area contributed by atoms with Gasteiger partial charge in [-0.3, -0.25) is 0 Å². The Kier molecular flexibility index (Phi) is 3.88. The molecule has 0 saturated carbocycles. The monoisotopic (exact) mass is 389 g/mol. The molecule has 0 fully saturated rings. The molecule has 0 aromatic heterocycles. The number of aliphatic imine (C=N–C) groups is 1. The second-order valence-corrected chi connectivity index (χ2v) is 5.95. The molecule has 21 heavy (non-hydrogen) atoms. The van der Waals surface area contributed by atoms with Crippen LogP contribution in [0.4, 0.5) is 0 Å². The van der Waals surface area contributed by atoms with Crippen molar-refractivity contribution in [2.24, 2.45) is 4.99 Å².